The Kier molecular flexibility index (Phi) is 7.81. The Morgan fingerprint density at radius 2 is 1.04 bits per heavy atom. The van der Waals surface area contributed by atoms with Gasteiger partial charge in [-0.25, -0.2) is 0 Å². The number of aromatic nitrogens is 1. The molecule has 0 aliphatic rings. The Hall–Kier alpha value is -6.90. The van der Waals surface area contributed by atoms with Crippen molar-refractivity contribution < 1.29 is 0 Å². The molecular weight excluding hydrogens is 653 g/mol. The van der Waals surface area contributed by atoms with Gasteiger partial charge in [-0.2, -0.15) is 0 Å². The normalized spacial score (nSPS) is 11.5. The van der Waals surface area contributed by atoms with Gasteiger partial charge >= 0.3 is 0 Å². The molecule has 0 unspecified atom stereocenters. The molecule has 0 saturated heterocycles. The predicted molar refractivity (Wildman–Crippen MR) is 231 cm³/mol. The second kappa shape index (κ2) is 13.3. The first-order valence-corrected chi connectivity index (χ1v) is 18.8. The van der Waals surface area contributed by atoms with Crippen LogP contribution in [0.5, 0.6) is 0 Å². The molecule has 0 spiro atoms. The second-order valence-corrected chi connectivity index (χ2v) is 14.0. The van der Waals surface area contributed by atoms with Gasteiger partial charge in [0.15, 0.2) is 0 Å². The molecule has 54 heavy (non-hydrogen) atoms. The van der Waals surface area contributed by atoms with E-state index in [0.717, 1.165) is 23.6 Å². The minimum absolute atomic E-state index is 0.920. The van der Waals surface area contributed by atoms with Crippen LogP contribution in [-0.2, 0) is 6.54 Å². The molecule has 0 fully saturated rings. The van der Waals surface area contributed by atoms with Crippen LogP contribution >= 0.6 is 0 Å². The molecule has 0 saturated carbocycles. The van der Waals surface area contributed by atoms with E-state index >= 15 is 0 Å². The third-order valence-electron chi connectivity index (χ3n) is 11.0. The van der Waals surface area contributed by atoms with E-state index in [1.54, 1.807) is 0 Å². The van der Waals surface area contributed by atoms with E-state index in [1.165, 1.54) is 76.7 Å². The van der Waals surface area contributed by atoms with Gasteiger partial charge in [-0.05, 0) is 105 Å². The van der Waals surface area contributed by atoms with Crippen molar-refractivity contribution in [2.24, 2.45) is 0 Å². The maximum absolute atomic E-state index is 2.43. The van der Waals surface area contributed by atoms with E-state index in [2.05, 4.69) is 217 Å². The zero-order valence-corrected chi connectivity index (χ0v) is 30.2. The molecule has 0 N–H and O–H groups in total. The van der Waals surface area contributed by atoms with Crippen LogP contribution in [0.2, 0.25) is 0 Å². The minimum Gasteiger partial charge on any atom is -0.341 e. The van der Waals surface area contributed by atoms with E-state index in [9.17, 15) is 0 Å². The molecular formula is C52H38N2. The lowest BCUT2D eigenvalue weighted by atomic mass is 9.96. The first-order chi connectivity index (χ1) is 26.7. The number of rotatable bonds is 7. The van der Waals surface area contributed by atoms with Crippen LogP contribution < -0.4 is 4.90 Å². The van der Waals surface area contributed by atoms with Gasteiger partial charge in [0.05, 0.1) is 5.69 Å². The van der Waals surface area contributed by atoms with Gasteiger partial charge in [0.1, 0.15) is 0 Å². The maximum Gasteiger partial charge on any atom is 0.0540 e. The van der Waals surface area contributed by atoms with Gasteiger partial charge in [-0.3, -0.25) is 0 Å². The average molecular weight is 691 g/mol. The van der Waals surface area contributed by atoms with Crippen LogP contribution in [-0.4, -0.2) is 4.57 Å². The van der Waals surface area contributed by atoms with Gasteiger partial charge in [0.25, 0.3) is 0 Å². The van der Waals surface area contributed by atoms with Crippen molar-refractivity contribution >= 4 is 60.4 Å². The highest BCUT2D eigenvalue weighted by molar-refractivity contribution is 6.15. The number of hydrogen-bond donors (Lipinski definition) is 0. The number of anilines is 3. The Labute approximate surface area is 315 Å². The molecule has 10 rings (SSSR count). The van der Waals surface area contributed by atoms with Crippen LogP contribution in [0.3, 0.4) is 0 Å². The maximum atomic E-state index is 2.43. The lowest BCUT2D eigenvalue weighted by Gasteiger charge is -2.28. The Morgan fingerprint density at radius 1 is 0.389 bits per heavy atom. The molecule has 1 aromatic heterocycles. The largest absolute Gasteiger partial charge is 0.341 e. The Balaban J connectivity index is 1.12. The van der Waals surface area contributed by atoms with Crippen molar-refractivity contribution in [3.8, 4) is 33.4 Å². The molecule has 0 bridgehead atoms. The zero-order chi connectivity index (χ0) is 36.0. The highest BCUT2D eigenvalue weighted by atomic mass is 15.1. The van der Waals surface area contributed by atoms with Crippen molar-refractivity contribution in [3.05, 3.63) is 200 Å². The molecule has 0 atom stereocenters. The van der Waals surface area contributed by atoms with E-state index in [0.29, 0.717) is 0 Å². The minimum atomic E-state index is 0.920. The number of aryl methyl sites for hydroxylation is 1. The molecule has 0 aliphatic heterocycles. The van der Waals surface area contributed by atoms with Crippen molar-refractivity contribution in [1.82, 2.24) is 4.57 Å². The summed E-state index contributed by atoms with van der Waals surface area (Å²) < 4.78 is 2.43. The molecule has 0 radical (unpaired) electrons. The molecule has 0 aliphatic carbocycles. The molecule has 1 heterocycles. The summed E-state index contributed by atoms with van der Waals surface area (Å²) in [6.45, 7) is 3.15. The van der Waals surface area contributed by atoms with Crippen molar-refractivity contribution in [1.29, 1.82) is 0 Å². The smallest absolute Gasteiger partial charge is 0.0540 e. The van der Waals surface area contributed by atoms with Gasteiger partial charge in [0, 0.05) is 45.3 Å². The SMILES string of the molecule is CCn1c2ccccc2c2c(-c3cccc(N(c4ccc(-c5ccc6c(ccc7ccccc76)c5)cc4)c4ccccc4-c4ccccc4)c3)cccc21. The van der Waals surface area contributed by atoms with E-state index in [-0.39, 0.29) is 0 Å². The fourth-order valence-electron chi connectivity index (χ4n) is 8.45. The summed E-state index contributed by atoms with van der Waals surface area (Å²) in [6, 6.07) is 73.1. The average Bonchev–Trinajstić information content (AvgIpc) is 3.58. The molecule has 0 amide bonds. The number of benzene rings is 9. The lowest BCUT2D eigenvalue weighted by molar-refractivity contribution is 0.827. The van der Waals surface area contributed by atoms with Crippen LogP contribution in [0.15, 0.2) is 200 Å². The monoisotopic (exact) mass is 690 g/mol. The summed E-state index contributed by atoms with van der Waals surface area (Å²) in [6.07, 6.45) is 0. The molecule has 9 aromatic carbocycles. The third kappa shape index (κ3) is 5.35. The van der Waals surface area contributed by atoms with Crippen molar-refractivity contribution in [2.75, 3.05) is 4.90 Å². The van der Waals surface area contributed by atoms with Crippen molar-refractivity contribution in [3.63, 3.8) is 0 Å². The Morgan fingerprint density at radius 3 is 1.91 bits per heavy atom. The lowest BCUT2D eigenvalue weighted by Crippen LogP contribution is -2.11. The molecule has 2 nitrogen and oxygen atoms in total. The molecule has 2 heteroatoms. The Bertz CT molecular complexity index is 2970. The fourth-order valence-corrected chi connectivity index (χ4v) is 8.45. The van der Waals surface area contributed by atoms with E-state index < -0.39 is 0 Å². The van der Waals surface area contributed by atoms with Gasteiger partial charge in [0.2, 0.25) is 0 Å². The summed E-state index contributed by atoms with van der Waals surface area (Å²) in [5, 5.41) is 7.69. The van der Waals surface area contributed by atoms with Crippen LogP contribution in [0.25, 0.3) is 76.7 Å². The number of fused-ring (bicyclic) bond motifs is 6. The van der Waals surface area contributed by atoms with Gasteiger partial charge in [-0.15, -0.1) is 0 Å². The van der Waals surface area contributed by atoms with E-state index in [1.807, 2.05) is 0 Å². The quantitative estimate of drug-likeness (QED) is 0.151. The summed E-state index contributed by atoms with van der Waals surface area (Å²) >= 11 is 0. The third-order valence-corrected chi connectivity index (χ3v) is 11.0. The summed E-state index contributed by atoms with van der Waals surface area (Å²) in [5.74, 6) is 0. The predicted octanol–water partition coefficient (Wildman–Crippen LogP) is 14.6. The summed E-state index contributed by atoms with van der Waals surface area (Å²) in [5.41, 5.74) is 13.1. The zero-order valence-electron chi connectivity index (χ0n) is 30.2. The number of nitrogens with zero attached hydrogens (tertiary/aromatic N) is 2. The molecule has 10 aromatic rings. The fraction of sp³-hybridized carbons (Fsp3) is 0.0385. The van der Waals surface area contributed by atoms with Gasteiger partial charge < -0.3 is 9.47 Å². The van der Waals surface area contributed by atoms with Crippen LogP contribution in [0.1, 0.15) is 6.92 Å². The first kappa shape index (κ1) is 31.8. The summed E-state index contributed by atoms with van der Waals surface area (Å²) in [7, 11) is 0. The second-order valence-electron chi connectivity index (χ2n) is 14.0. The molecule has 256 valence electrons. The number of hydrogen-bond acceptors (Lipinski definition) is 1. The van der Waals surface area contributed by atoms with Crippen LogP contribution in [0.4, 0.5) is 17.1 Å². The van der Waals surface area contributed by atoms with Gasteiger partial charge in [-0.1, -0.05) is 152 Å². The summed E-state index contributed by atoms with van der Waals surface area (Å²) in [4.78, 5) is 2.41. The highest BCUT2D eigenvalue weighted by Gasteiger charge is 2.19. The highest BCUT2D eigenvalue weighted by Crippen LogP contribution is 2.44. The van der Waals surface area contributed by atoms with E-state index in [4.69, 9.17) is 0 Å². The van der Waals surface area contributed by atoms with Crippen LogP contribution in [0, 0.1) is 0 Å². The first-order valence-electron chi connectivity index (χ1n) is 18.8. The van der Waals surface area contributed by atoms with Crippen molar-refractivity contribution in [2.45, 2.75) is 13.5 Å². The number of para-hydroxylation sites is 2. The topological polar surface area (TPSA) is 8.17 Å². The standard InChI is InChI=1S/C52H38N2/c1-2-53-49-23-10-9-21-48(49)52-47(22-13-25-51(52)53)40-17-12-18-43(35-40)54(50-24-11-8-20-46(50)37-14-4-3-5-15-37)42-31-28-36(29-32-42)39-30-33-45-41(34-39)27-26-38-16-6-7-19-44(38)45/h3-35H,2H2,1H3.